The molecule has 4 rings (SSSR count). The summed E-state index contributed by atoms with van der Waals surface area (Å²) < 4.78 is 5.76. The summed E-state index contributed by atoms with van der Waals surface area (Å²) in [5.74, 6) is 2.55. The number of carbonyl (C=O) groups is 1. The van der Waals surface area contributed by atoms with Crippen molar-refractivity contribution in [3.05, 3.63) is 60.1 Å². The first-order chi connectivity index (χ1) is 14.6. The van der Waals surface area contributed by atoms with Gasteiger partial charge in [0.1, 0.15) is 11.6 Å². The number of nitrogens with zero attached hydrogens (tertiary/aromatic N) is 4. The molecule has 0 spiro atoms. The fourth-order valence-corrected chi connectivity index (χ4v) is 4.13. The van der Waals surface area contributed by atoms with E-state index in [9.17, 15) is 4.79 Å². The Hall–Kier alpha value is -2.80. The highest BCUT2D eigenvalue weighted by Crippen LogP contribution is 2.29. The Morgan fingerprint density at radius 3 is 2.63 bits per heavy atom. The zero-order valence-corrected chi connectivity index (χ0v) is 18.2. The molecule has 0 saturated carbocycles. The van der Waals surface area contributed by atoms with E-state index in [0.29, 0.717) is 23.2 Å². The van der Waals surface area contributed by atoms with E-state index in [0.717, 1.165) is 35.9 Å². The molecule has 3 heterocycles. The molecule has 1 aliphatic rings. The average molecular weight is 423 g/mol. The highest BCUT2D eigenvalue weighted by Gasteiger charge is 2.18. The maximum atomic E-state index is 12.3. The van der Waals surface area contributed by atoms with Crippen molar-refractivity contribution in [3.8, 4) is 11.3 Å². The summed E-state index contributed by atoms with van der Waals surface area (Å²) in [6.07, 6.45) is 2.39. The quantitative estimate of drug-likeness (QED) is 0.405. The molecule has 7 heteroatoms. The van der Waals surface area contributed by atoms with Crippen LogP contribution < -0.4 is 4.90 Å². The van der Waals surface area contributed by atoms with Crippen molar-refractivity contribution in [1.29, 1.82) is 0 Å². The molecule has 1 amide bonds. The molecule has 0 atom stereocenters. The van der Waals surface area contributed by atoms with Gasteiger partial charge in [0.15, 0.2) is 10.9 Å². The molecule has 2 aromatic heterocycles. The Kier molecular flexibility index (Phi) is 6.38. The predicted octanol–water partition coefficient (Wildman–Crippen LogP) is 4.72. The molecule has 0 bridgehead atoms. The maximum absolute atomic E-state index is 12.3. The van der Waals surface area contributed by atoms with Crippen molar-refractivity contribution in [2.24, 2.45) is 0 Å². The molecular formula is C23H26N4O2S. The number of hydrogen-bond donors (Lipinski definition) is 0. The fourth-order valence-electron chi connectivity index (χ4n) is 3.38. The van der Waals surface area contributed by atoms with Gasteiger partial charge >= 0.3 is 0 Å². The minimum atomic E-state index is -0.104. The molecule has 30 heavy (non-hydrogen) atoms. The van der Waals surface area contributed by atoms with Gasteiger partial charge in [0.05, 0.1) is 11.4 Å². The summed E-state index contributed by atoms with van der Waals surface area (Å²) in [7, 11) is 1.77. The van der Waals surface area contributed by atoms with Crippen LogP contribution >= 0.6 is 11.8 Å². The van der Waals surface area contributed by atoms with Gasteiger partial charge in [-0.2, -0.15) is 0 Å². The Morgan fingerprint density at radius 2 is 1.90 bits per heavy atom. The summed E-state index contributed by atoms with van der Waals surface area (Å²) in [5, 5.41) is 0.716. The molecule has 1 saturated heterocycles. The SMILES string of the molecule is CCN(C)C(=O)c1ccc(CSc2nc(-c3ccccc3)cc(N3CCCC3)n2)o1. The Balaban J connectivity index is 1.54. The number of hydrogen-bond acceptors (Lipinski definition) is 6. The van der Waals surface area contributed by atoms with Crippen molar-refractivity contribution in [2.45, 2.75) is 30.7 Å². The average Bonchev–Trinajstić information content (AvgIpc) is 3.49. The van der Waals surface area contributed by atoms with Crippen LogP contribution in [0.15, 0.2) is 58.1 Å². The summed E-state index contributed by atoms with van der Waals surface area (Å²) in [6.45, 7) is 4.64. The third-order valence-corrected chi connectivity index (χ3v) is 6.10. The van der Waals surface area contributed by atoms with Gasteiger partial charge < -0.3 is 14.2 Å². The van der Waals surface area contributed by atoms with Gasteiger partial charge in [-0.05, 0) is 31.9 Å². The van der Waals surface area contributed by atoms with Gasteiger partial charge in [0.2, 0.25) is 0 Å². The van der Waals surface area contributed by atoms with Crippen LogP contribution in [0.1, 0.15) is 36.1 Å². The van der Waals surface area contributed by atoms with E-state index in [-0.39, 0.29) is 5.91 Å². The molecule has 1 fully saturated rings. The number of aromatic nitrogens is 2. The van der Waals surface area contributed by atoms with Crippen LogP contribution in [-0.2, 0) is 5.75 Å². The second kappa shape index (κ2) is 9.34. The summed E-state index contributed by atoms with van der Waals surface area (Å²) in [5.41, 5.74) is 2.01. The zero-order valence-electron chi connectivity index (χ0n) is 17.4. The van der Waals surface area contributed by atoms with Crippen molar-refractivity contribution in [2.75, 3.05) is 31.6 Å². The lowest BCUT2D eigenvalue weighted by atomic mass is 10.1. The van der Waals surface area contributed by atoms with Gasteiger partial charge in [-0.25, -0.2) is 9.97 Å². The second-order valence-electron chi connectivity index (χ2n) is 7.33. The van der Waals surface area contributed by atoms with Gasteiger partial charge in [0.25, 0.3) is 5.91 Å². The van der Waals surface area contributed by atoms with Gasteiger partial charge in [-0.3, -0.25) is 4.79 Å². The van der Waals surface area contributed by atoms with Crippen LogP contribution in [0.4, 0.5) is 5.82 Å². The number of furan rings is 1. The highest BCUT2D eigenvalue weighted by atomic mass is 32.2. The van der Waals surface area contributed by atoms with Crippen LogP contribution in [0.3, 0.4) is 0 Å². The minimum absolute atomic E-state index is 0.104. The number of anilines is 1. The fraction of sp³-hybridized carbons (Fsp3) is 0.348. The van der Waals surface area contributed by atoms with Crippen LogP contribution in [-0.4, -0.2) is 47.5 Å². The lowest BCUT2D eigenvalue weighted by molar-refractivity contribution is 0.0769. The van der Waals surface area contributed by atoms with E-state index in [1.165, 1.54) is 24.6 Å². The lowest BCUT2D eigenvalue weighted by Gasteiger charge is -2.18. The highest BCUT2D eigenvalue weighted by molar-refractivity contribution is 7.98. The summed E-state index contributed by atoms with van der Waals surface area (Å²) in [4.78, 5) is 25.8. The van der Waals surface area contributed by atoms with Crippen molar-refractivity contribution in [3.63, 3.8) is 0 Å². The Labute approximate surface area is 181 Å². The third-order valence-electron chi connectivity index (χ3n) is 5.23. The molecule has 0 N–H and O–H groups in total. The number of amides is 1. The monoisotopic (exact) mass is 422 g/mol. The third kappa shape index (κ3) is 4.67. The molecule has 0 radical (unpaired) electrons. The molecule has 1 aromatic carbocycles. The van der Waals surface area contributed by atoms with Gasteiger partial charge in [0, 0.05) is 38.3 Å². The molecule has 6 nitrogen and oxygen atoms in total. The van der Waals surface area contributed by atoms with Crippen molar-refractivity contribution in [1.82, 2.24) is 14.9 Å². The first-order valence-electron chi connectivity index (χ1n) is 10.3. The van der Waals surface area contributed by atoms with E-state index in [1.807, 2.05) is 31.2 Å². The molecule has 3 aromatic rings. The predicted molar refractivity (Wildman–Crippen MR) is 120 cm³/mol. The van der Waals surface area contributed by atoms with Gasteiger partial charge in [-0.15, -0.1) is 0 Å². The van der Waals surface area contributed by atoms with Crippen molar-refractivity contribution < 1.29 is 9.21 Å². The summed E-state index contributed by atoms with van der Waals surface area (Å²) >= 11 is 1.53. The summed E-state index contributed by atoms with van der Waals surface area (Å²) in [6, 6.07) is 15.9. The topological polar surface area (TPSA) is 62.5 Å². The second-order valence-corrected chi connectivity index (χ2v) is 8.27. The number of rotatable bonds is 7. The Morgan fingerprint density at radius 1 is 1.13 bits per heavy atom. The lowest BCUT2D eigenvalue weighted by Crippen LogP contribution is -2.25. The van der Waals surface area contributed by atoms with Crippen LogP contribution in [0.2, 0.25) is 0 Å². The standard InChI is InChI=1S/C23H26N4O2S/c1-3-26(2)22(28)20-12-11-18(29-20)16-30-23-24-19(17-9-5-4-6-10-17)15-21(25-23)27-13-7-8-14-27/h4-6,9-12,15H,3,7-8,13-14,16H2,1-2H3. The number of carbonyl (C=O) groups excluding carboxylic acids is 1. The van der Waals surface area contributed by atoms with E-state index in [4.69, 9.17) is 14.4 Å². The molecule has 156 valence electrons. The Bertz CT molecular complexity index is 999. The zero-order chi connectivity index (χ0) is 20.9. The van der Waals surface area contributed by atoms with E-state index in [1.54, 1.807) is 18.0 Å². The maximum Gasteiger partial charge on any atom is 0.289 e. The van der Waals surface area contributed by atoms with Crippen LogP contribution in [0, 0.1) is 0 Å². The molecule has 0 aliphatic carbocycles. The minimum Gasteiger partial charge on any atom is -0.455 e. The largest absolute Gasteiger partial charge is 0.455 e. The van der Waals surface area contributed by atoms with Crippen molar-refractivity contribution >= 4 is 23.5 Å². The van der Waals surface area contributed by atoms with Gasteiger partial charge in [-0.1, -0.05) is 42.1 Å². The molecule has 0 unspecified atom stereocenters. The molecule has 1 aliphatic heterocycles. The first-order valence-corrected chi connectivity index (χ1v) is 11.3. The van der Waals surface area contributed by atoms with Crippen LogP contribution in [0.5, 0.6) is 0 Å². The van der Waals surface area contributed by atoms with Crippen LogP contribution in [0.25, 0.3) is 11.3 Å². The number of thioether (sulfide) groups is 1. The van der Waals surface area contributed by atoms with E-state index >= 15 is 0 Å². The molecular weight excluding hydrogens is 396 g/mol. The van der Waals surface area contributed by atoms with E-state index in [2.05, 4.69) is 23.1 Å². The number of benzene rings is 1. The normalized spacial score (nSPS) is 13.6. The first kappa shape index (κ1) is 20.5. The smallest absolute Gasteiger partial charge is 0.289 e. The van der Waals surface area contributed by atoms with E-state index < -0.39 is 0 Å².